The van der Waals surface area contributed by atoms with Gasteiger partial charge >= 0.3 is 0 Å². The third-order valence-electron chi connectivity index (χ3n) is 1.04. The molecule has 0 amide bonds. The van der Waals surface area contributed by atoms with Crippen molar-refractivity contribution in [1.82, 2.24) is 5.32 Å². The Morgan fingerprint density at radius 2 is 2.22 bits per heavy atom. The van der Waals surface area contributed by atoms with Crippen LogP contribution in [0.3, 0.4) is 0 Å². The number of likely N-dealkylation sites (N-methyl/N-ethyl adjacent to an activating group) is 1. The van der Waals surface area contributed by atoms with E-state index in [1.54, 1.807) is 7.11 Å². The summed E-state index contributed by atoms with van der Waals surface area (Å²) in [7, 11) is 3.52. The lowest BCUT2D eigenvalue weighted by atomic mass is 10.6. The molecule has 0 unspecified atom stereocenters. The van der Waals surface area contributed by atoms with Crippen LogP contribution in [0.25, 0.3) is 0 Å². The molecule has 9 heavy (non-hydrogen) atoms. The van der Waals surface area contributed by atoms with Crippen molar-refractivity contribution < 1.29 is 9.47 Å². The molecule has 0 bridgehead atoms. The SMILES string of the molecule is CNCCO[C@H](C)OC. The molecule has 0 aliphatic carbocycles. The number of hydrogen-bond donors (Lipinski definition) is 1. The largest absolute Gasteiger partial charge is 0.356 e. The van der Waals surface area contributed by atoms with Crippen molar-refractivity contribution in [2.45, 2.75) is 13.2 Å². The van der Waals surface area contributed by atoms with Crippen molar-refractivity contribution in [2.24, 2.45) is 0 Å². The molecule has 0 rings (SSSR count). The Morgan fingerprint density at radius 3 is 2.67 bits per heavy atom. The van der Waals surface area contributed by atoms with E-state index >= 15 is 0 Å². The zero-order valence-electron chi connectivity index (χ0n) is 6.31. The Morgan fingerprint density at radius 1 is 1.56 bits per heavy atom. The van der Waals surface area contributed by atoms with Gasteiger partial charge in [-0.05, 0) is 14.0 Å². The highest BCUT2D eigenvalue weighted by atomic mass is 16.7. The van der Waals surface area contributed by atoms with E-state index in [0.29, 0.717) is 6.61 Å². The van der Waals surface area contributed by atoms with Crippen LogP contribution >= 0.6 is 0 Å². The van der Waals surface area contributed by atoms with Gasteiger partial charge in [0, 0.05) is 13.7 Å². The maximum absolute atomic E-state index is 5.15. The minimum Gasteiger partial charge on any atom is -0.356 e. The van der Waals surface area contributed by atoms with Gasteiger partial charge in [-0.1, -0.05) is 0 Å². The molecule has 0 radical (unpaired) electrons. The molecule has 0 aliphatic heterocycles. The Hall–Kier alpha value is -0.120. The van der Waals surface area contributed by atoms with Crippen molar-refractivity contribution in [3.63, 3.8) is 0 Å². The quantitative estimate of drug-likeness (QED) is 0.429. The second-order valence-electron chi connectivity index (χ2n) is 1.78. The van der Waals surface area contributed by atoms with E-state index in [0.717, 1.165) is 6.54 Å². The van der Waals surface area contributed by atoms with Gasteiger partial charge in [0.25, 0.3) is 0 Å². The highest BCUT2D eigenvalue weighted by Gasteiger charge is 1.94. The maximum Gasteiger partial charge on any atom is 0.154 e. The normalized spacial score (nSPS) is 13.7. The van der Waals surface area contributed by atoms with Gasteiger partial charge in [-0.15, -0.1) is 0 Å². The first-order valence-electron chi connectivity index (χ1n) is 3.10. The van der Waals surface area contributed by atoms with E-state index in [-0.39, 0.29) is 6.29 Å². The van der Waals surface area contributed by atoms with Crippen molar-refractivity contribution in [3.05, 3.63) is 0 Å². The minimum atomic E-state index is -0.0849. The first-order valence-corrected chi connectivity index (χ1v) is 3.10. The lowest BCUT2D eigenvalue weighted by Crippen LogP contribution is -2.19. The fourth-order valence-corrected chi connectivity index (χ4v) is 0.395. The molecule has 0 aromatic carbocycles. The van der Waals surface area contributed by atoms with E-state index in [2.05, 4.69) is 5.32 Å². The summed E-state index contributed by atoms with van der Waals surface area (Å²) in [5, 5.41) is 2.97. The topological polar surface area (TPSA) is 30.5 Å². The van der Waals surface area contributed by atoms with E-state index in [9.17, 15) is 0 Å². The van der Waals surface area contributed by atoms with Crippen LogP contribution in [0.5, 0.6) is 0 Å². The molecular weight excluding hydrogens is 118 g/mol. The van der Waals surface area contributed by atoms with E-state index < -0.39 is 0 Å². The standard InChI is InChI=1S/C6H15NO2/c1-6(8-3)9-5-4-7-2/h6-7H,4-5H2,1-3H3/t6-/m1/s1. The predicted octanol–water partition coefficient (Wildman–Crippen LogP) is 0.215. The van der Waals surface area contributed by atoms with Gasteiger partial charge in [0.2, 0.25) is 0 Å². The Bertz CT molecular complexity index is 59.0. The van der Waals surface area contributed by atoms with Gasteiger partial charge < -0.3 is 14.8 Å². The van der Waals surface area contributed by atoms with E-state index in [1.165, 1.54) is 0 Å². The van der Waals surface area contributed by atoms with Gasteiger partial charge in [-0.3, -0.25) is 0 Å². The summed E-state index contributed by atoms with van der Waals surface area (Å²) in [6, 6.07) is 0. The van der Waals surface area contributed by atoms with Gasteiger partial charge in [-0.2, -0.15) is 0 Å². The van der Waals surface area contributed by atoms with Crippen LogP contribution in [-0.4, -0.2) is 33.6 Å². The fourth-order valence-electron chi connectivity index (χ4n) is 0.395. The third-order valence-corrected chi connectivity index (χ3v) is 1.04. The highest BCUT2D eigenvalue weighted by Crippen LogP contribution is 1.87. The summed E-state index contributed by atoms with van der Waals surface area (Å²) in [6.07, 6.45) is -0.0849. The highest BCUT2D eigenvalue weighted by molar-refractivity contribution is 4.35. The molecule has 0 spiro atoms. The lowest BCUT2D eigenvalue weighted by Gasteiger charge is -2.09. The van der Waals surface area contributed by atoms with Crippen molar-refractivity contribution in [3.8, 4) is 0 Å². The Kier molecular flexibility index (Phi) is 5.93. The molecule has 1 atom stereocenters. The smallest absolute Gasteiger partial charge is 0.154 e. The predicted molar refractivity (Wildman–Crippen MR) is 36.3 cm³/mol. The second kappa shape index (κ2) is 6.01. The van der Waals surface area contributed by atoms with Crippen LogP contribution < -0.4 is 5.32 Å². The van der Waals surface area contributed by atoms with Crippen molar-refractivity contribution in [2.75, 3.05) is 27.3 Å². The molecule has 0 aliphatic rings. The molecular formula is C6H15NO2. The number of ether oxygens (including phenoxy) is 2. The van der Waals surface area contributed by atoms with Gasteiger partial charge in [0.05, 0.1) is 6.61 Å². The van der Waals surface area contributed by atoms with Crippen LogP contribution in [0, 0.1) is 0 Å². The van der Waals surface area contributed by atoms with Gasteiger partial charge in [0.1, 0.15) is 0 Å². The van der Waals surface area contributed by atoms with Crippen LogP contribution in [0.2, 0.25) is 0 Å². The summed E-state index contributed by atoms with van der Waals surface area (Å²) in [4.78, 5) is 0. The first kappa shape index (κ1) is 8.88. The number of hydrogen-bond acceptors (Lipinski definition) is 3. The lowest BCUT2D eigenvalue weighted by molar-refractivity contribution is -0.109. The molecule has 0 heterocycles. The van der Waals surface area contributed by atoms with Gasteiger partial charge in [0.15, 0.2) is 6.29 Å². The molecule has 3 heteroatoms. The molecule has 1 N–H and O–H groups in total. The van der Waals surface area contributed by atoms with Crippen LogP contribution in [-0.2, 0) is 9.47 Å². The molecule has 0 aromatic heterocycles. The van der Waals surface area contributed by atoms with Gasteiger partial charge in [-0.25, -0.2) is 0 Å². The van der Waals surface area contributed by atoms with Crippen LogP contribution in [0.15, 0.2) is 0 Å². The summed E-state index contributed by atoms with van der Waals surface area (Å²) in [5.41, 5.74) is 0. The average Bonchev–Trinajstić information content (AvgIpc) is 1.89. The molecule has 0 aromatic rings. The van der Waals surface area contributed by atoms with Crippen LogP contribution in [0.4, 0.5) is 0 Å². The number of rotatable bonds is 5. The Balaban J connectivity index is 2.88. The van der Waals surface area contributed by atoms with Crippen LogP contribution in [0.1, 0.15) is 6.92 Å². The molecule has 0 saturated carbocycles. The Labute approximate surface area is 56.3 Å². The summed E-state index contributed by atoms with van der Waals surface area (Å²) in [5.74, 6) is 0. The average molecular weight is 133 g/mol. The fraction of sp³-hybridized carbons (Fsp3) is 1.00. The molecule has 0 fully saturated rings. The van der Waals surface area contributed by atoms with Crippen molar-refractivity contribution in [1.29, 1.82) is 0 Å². The summed E-state index contributed by atoms with van der Waals surface area (Å²) < 4.78 is 9.99. The summed E-state index contributed by atoms with van der Waals surface area (Å²) in [6.45, 7) is 3.44. The van der Waals surface area contributed by atoms with E-state index in [4.69, 9.17) is 9.47 Å². The van der Waals surface area contributed by atoms with Crippen molar-refractivity contribution >= 4 is 0 Å². The zero-order chi connectivity index (χ0) is 7.11. The minimum absolute atomic E-state index is 0.0849. The molecule has 56 valence electrons. The first-order chi connectivity index (χ1) is 4.31. The molecule has 3 nitrogen and oxygen atoms in total. The third kappa shape index (κ3) is 5.76. The number of methoxy groups -OCH3 is 1. The number of nitrogens with one attached hydrogen (secondary N) is 1. The zero-order valence-corrected chi connectivity index (χ0v) is 6.31. The van der Waals surface area contributed by atoms with E-state index in [1.807, 2.05) is 14.0 Å². The monoisotopic (exact) mass is 133 g/mol. The second-order valence-corrected chi connectivity index (χ2v) is 1.78. The molecule has 0 saturated heterocycles. The maximum atomic E-state index is 5.15. The summed E-state index contributed by atoms with van der Waals surface area (Å²) >= 11 is 0.